The average molecular weight is 290 g/mol. The number of rotatable bonds is 5. The molecule has 112 valence electrons. The summed E-state index contributed by atoms with van der Waals surface area (Å²) in [7, 11) is 1.44. The van der Waals surface area contributed by atoms with E-state index in [2.05, 4.69) is 20.6 Å². The van der Waals surface area contributed by atoms with E-state index < -0.39 is 5.82 Å². The van der Waals surface area contributed by atoms with Crippen molar-refractivity contribution in [2.45, 2.75) is 20.8 Å². The molecular formula is C15H19FN4O. The van der Waals surface area contributed by atoms with Crippen LogP contribution in [0.5, 0.6) is 5.75 Å². The van der Waals surface area contributed by atoms with E-state index in [1.807, 2.05) is 20.8 Å². The van der Waals surface area contributed by atoms with Crippen molar-refractivity contribution in [2.75, 3.05) is 24.3 Å². The zero-order valence-electron chi connectivity index (χ0n) is 12.6. The van der Waals surface area contributed by atoms with Crippen molar-refractivity contribution in [2.24, 2.45) is 0 Å². The minimum atomic E-state index is -0.396. The zero-order chi connectivity index (χ0) is 15.4. The molecule has 21 heavy (non-hydrogen) atoms. The van der Waals surface area contributed by atoms with E-state index in [-0.39, 0.29) is 5.75 Å². The van der Waals surface area contributed by atoms with Gasteiger partial charge < -0.3 is 15.4 Å². The zero-order valence-corrected chi connectivity index (χ0v) is 12.6. The summed E-state index contributed by atoms with van der Waals surface area (Å²) in [6, 6.07) is 4.59. The van der Waals surface area contributed by atoms with Crippen molar-refractivity contribution in [1.29, 1.82) is 0 Å². The molecule has 0 aliphatic carbocycles. The standard InChI is InChI=1S/C15H19FN4O/c1-5-17-14-9(2)15(19-10(3)18-14)20-11-6-7-12(16)13(8-11)21-4/h6-8H,5H2,1-4H3,(H2,17,18,19,20). The lowest BCUT2D eigenvalue weighted by Crippen LogP contribution is -2.07. The Labute approximate surface area is 123 Å². The molecule has 0 unspecified atom stereocenters. The molecule has 0 aliphatic heterocycles. The molecule has 0 spiro atoms. The quantitative estimate of drug-likeness (QED) is 0.883. The third kappa shape index (κ3) is 3.39. The smallest absolute Gasteiger partial charge is 0.165 e. The molecule has 0 atom stereocenters. The van der Waals surface area contributed by atoms with E-state index >= 15 is 0 Å². The highest BCUT2D eigenvalue weighted by molar-refractivity contribution is 5.65. The van der Waals surface area contributed by atoms with E-state index in [0.717, 1.165) is 17.9 Å². The van der Waals surface area contributed by atoms with Crippen LogP contribution in [0.25, 0.3) is 0 Å². The van der Waals surface area contributed by atoms with Gasteiger partial charge in [-0.05, 0) is 32.9 Å². The molecule has 1 aromatic carbocycles. The number of hydrogen-bond acceptors (Lipinski definition) is 5. The van der Waals surface area contributed by atoms with Gasteiger partial charge in [-0.2, -0.15) is 0 Å². The molecule has 6 heteroatoms. The topological polar surface area (TPSA) is 59.1 Å². The molecule has 2 rings (SSSR count). The number of anilines is 3. The molecule has 0 saturated carbocycles. The number of aryl methyl sites for hydroxylation is 1. The van der Waals surface area contributed by atoms with Gasteiger partial charge in [-0.25, -0.2) is 14.4 Å². The van der Waals surface area contributed by atoms with Crippen LogP contribution in [0.15, 0.2) is 18.2 Å². The van der Waals surface area contributed by atoms with Crippen molar-refractivity contribution in [3.63, 3.8) is 0 Å². The van der Waals surface area contributed by atoms with Gasteiger partial charge in [0.1, 0.15) is 17.5 Å². The normalized spacial score (nSPS) is 10.3. The highest BCUT2D eigenvalue weighted by Crippen LogP contribution is 2.27. The number of aromatic nitrogens is 2. The summed E-state index contributed by atoms with van der Waals surface area (Å²) in [6.45, 7) is 6.55. The Morgan fingerprint density at radius 3 is 2.57 bits per heavy atom. The summed E-state index contributed by atoms with van der Waals surface area (Å²) >= 11 is 0. The Hall–Kier alpha value is -2.37. The highest BCUT2D eigenvalue weighted by Gasteiger charge is 2.10. The number of nitrogens with one attached hydrogen (secondary N) is 2. The lowest BCUT2D eigenvalue weighted by atomic mass is 10.2. The number of hydrogen-bond donors (Lipinski definition) is 2. The first-order chi connectivity index (χ1) is 10.0. The summed E-state index contributed by atoms with van der Waals surface area (Å²) in [4.78, 5) is 8.76. The van der Waals surface area contributed by atoms with Crippen molar-refractivity contribution < 1.29 is 9.13 Å². The fourth-order valence-electron chi connectivity index (χ4n) is 1.96. The summed E-state index contributed by atoms with van der Waals surface area (Å²) in [5.41, 5.74) is 1.61. The monoisotopic (exact) mass is 290 g/mol. The number of methoxy groups -OCH3 is 1. The van der Waals surface area contributed by atoms with Gasteiger partial charge in [0.05, 0.1) is 7.11 Å². The van der Waals surface area contributed by atoms with Gasteiger partial charge in [0, 0.05) is 23.9 Å². The van der Waals surface area contributed by atoms with Gasteiger partial charge >= 0.3 is 0 Å². The molecule has 2 aromatic rings. The Balaban J connectivity index is 2.35. The Kier molecular flexibility index (Phi) is 4.57. The van der Waals surface area contributed by atoms with Gasteiger partial charge in [0.2, 0.25) is 0 Å². The van der Waals surface area contributed by atoms with Crippen LogP contribution in [0.2, 0.25) is 0 Å². The molecule has 1 heterocycles. The van der Waals surface area contributed by atoms with Gasteiger partial charge in [0.15, 0.2) is 11.6 Å². The second-order valence-electron chi connectivity index (χ2n) is 4.60. The van der Waals surface area contributed by atoms with Crippen LogP contribution in [0, 0.1) is 19.7 Å². The first-order valence-corrected chi connectivity index (χ1v) is 6.74. The Bertz CT molecular complexity index is 646. The fourth-order valence-corrected chi connectivity index (χ4v) is 1.96. The van der Waals surface area contributed by atoms with E-state index in [0.29, 0.717) is 17.3 Å². The second-order valence-corrected chi connectivity index (χ2v) is 4.60. The largest absolute Gasteiger partial charge is 0.494 e. The van der Waals surface area contributed by atoms with Crippen molar-refractivity contribution in [3.8, 4) is 5.75 Å². The second kappa shape index (κ2) is 6.39. The van der Waals surface area contributed by atoms with Crippen molar-refractivity contribution in [3.05, 3.63) is 35.4 Å². The number of halogens is 1. The molecular weight excluding hydrogens is 271 g/mol. The molecule has 1 aromatic heterocycles. The average Bonchev–Trinajstić information content (AvgIpc) is 2.46. The minimum absolute atomic E-state index is 0.190. The van der Waals surface area contributed by atoms with Gasteiger partial charge in [-0.1, -0.05) is 0 Å². The highest BCUT2D eigenvalue weighted by atomic mass is 19.1. The third-order valence-corrected chi connectivity index (χ3v) is 3.02. The number of nitrogens with zero attached hydrogens (tertiary/aromatic N) is 2. The lowest BCUT2D eigenvalue weighted by Gasteiger charge is -2.14. The van der Waals surface area contributed by atoms with E-state index in [4.69, 9.17) is 4.74 Å². The van der Waals surface area contributed by atoms with Crippen LogP contribution in [0.4, 0.5) is 21.7 Å². The molecule has 0 saturated heterocycles. The third-order valence-electron chi connectivity index (χ3n) is 3.02. The maximum atomic E-state index is 13.4. The SMILES string of the molecule is CCNc1nc(C)nc(Nc2ccc(F)c(OC)c2)c1C. The number of benzene rings is 1. The first-order valence-electron chi connectivity index (χ1n) is 6.74. The lowest BCUT2D eigenvalue weighted by molar-refractivity contribution is 0.387. The molecule has 5 nitrogen and oxygen atoms in total. The first kappa shape index (κ1) is 15.0. The van der Waals surface area contributed by atoms with Crippen LogP contribution in [-0.2, 0) is 0 Å². The summed E-state index contributed by atoms with van der Waals surface area (Å²) in [5.74, 6) is 1.93. The summed E-state index contributed by atoms with van der Waals surface area (Å²) < 4.78 is 18.4. The van der Waals surface area contributed by atoms with E-state index in [1.54, 1.807) is 12.1 Å². The molecule has 0 fully saturated rings. The van der Waals surface area contributed by atoms with Crippen molar-refractivity contribution in [1.82, 2.24) is 9.97 Å². The van der Waals surface area contributed by atoms with Crippen LogP contribution < -0.4 is 15.4 Å². The molecule has 0 bridgehead atoms. The van der Waals surface area contributed by atoms with Gasteiger partial charge in [-0.3, -0.25) is 0 Å². The predicted octanol–water partition coefficient (Wildman–Crippen LogP) is 3.42. The summed E-state index contributed by atoms with van der Waals surface area (Å²) in [5, 5.41) is 6.37. The maximum Gasteiger partial charge on any atom is 0.165 e. The van der Waals surface area contributed by atoms with Crippen LogP contribution >= 0.6 is 0 Å². The van der Waals surface area contributed by atoms with Crippen LogP contribution in [0.3, 0.4) is 0 Å². The molecule has 0 radical (unpaired) electrons. The van der Waals surface area contributed by atoms with Crippen LogP contribution in [0.1, 0.15) is 18.3 Å². The minimum Gasteiger partial charge on any atom is -0.494 e. The Morgan fingerprint density at radius 2 is 1.90 bits per heavy atom. The number of ether oxygens (including phenoxy) is 1. The van der Waals surface area contributed by atoms with Crippen molar-refractivity contribution >= 4 is 17.3 Å². The summed E-state index contributed by atoms with van der Waals surface area (Å²) in [6.07, 6.45) is 0. The van der Waals surface area contributed by atoms with Crippen LogP contribution in [-0.4, -0.2) is 23.6 Å². The Morgan fingerprint density at radius 1 is 1.19 bits per heavy atom. The fraction of sp³-hybridized carbons (Fsp3) is 0.333. The molecule has 0 amide bonds. The maximum absolute atomic E-state index is 13.4. The molecule has 2 N–H and O–H groups in total. The van der Waals surface area contributed by atoms with E-state index in [1.165, 1.54) is 13.2 Å². The van der Waals surface area contributed by atoms with Gasteiger partial charge in [-0.15, -0.1) is 0 Å². The predicted molar refractivity (Wildman–Crippen MR) is 81.9 cm³/mol. The van der Waals surface area contributed by atoms with E-state index in [9.17, 15) is 4.39 Å². The molecule has 0 aliphatic rings. The van der Waals surface area contributed by atoms with Gasteiger partial charge in [0.25, 0.3) is 0 Å².